The van der Waals surface area contributed by atoms with Crippen LogP contribution < -0.4 is 0 Å². The Morgan fingerprint density at radius 2 is 1.42 bits per heavy atom. The van der Waals surface area contributed by atoms with Crippen molar-refractivity contribution in [3.63, 3.8) is 0 Å². The van der Waals surface area contributed by atoms with Gasteiger partial charge in [-0.2, -0.15) is 0 Å². The van der Waals surface area contributed by atoms with Gasteiger partial charge in [-0.05, 0) is 61.2 Å². The molecule has 0 radical (unpaired) electrons. The molecule has 3 saturated carbocycles. The van der Waals surface area contributed by atoms with Crippen LogP contribution >= 0.6 is 0 Å². The van der Waals surface area contributed by atoms with E-state index in [1.165, 1.54) is 32.1 Å². The number of hydrogen-bond acceptors (Lipinski definition) is 0. The van der Waals surface area contributed by atoms with Gasteiger partial charge in [0.1, 0.15) is 0 Å². The molecule has 0 saturated heterocycles. The molecule has 0 spiro atoms. The van der Waals surface area contributed by atoms with Crippen LogP contribution in [0.25, 0.3) is 0 Å². The largest absolute Gasteiger partial charge is 0.0622 e. The van der Waals surface area contributed by atoms with E-state index in [4.69, 9.17) is 0 Å². The van der Waals surface area contributed by atoms with Gasteiger partial charge in [0.05, 0.1) is 0 Å². The zero-order valence-electron chi connectivity index (χ0n) is 13.3. The molecule has 0 heterocycles. The summed E-state index contributed by atoms with van der Waals surface area (Å²) in [5, 5.41) is 0. The molecule has 0 aromatic rings. The predicted molar refractivity (Wildman–Crippen MR) is 83.1 cm³/mol. The Morgan fingerprint density at radius 1 is 0.737 bits per heavy atom. The standard InChI is InChI=1S/C19H34/c1-15(2)19(12-6-3-7-13-19)18-11-10-16-8-4-5-9-17(16)14-18/h15-18H,3-14H2,1-2H3. The first kappa shape index (κ1) is 14.0. The van der Waals surface area contributed by atoms with Gasteiger partial charge in [0.25, 0.3) is 0 Å². The van der Waals surface area contributed by atoms with Crippen molar-refractivity contribution < 1.29 is 0 Å². The van der Waals surface area contributed by atoms with Gasteiger partial charge in [-0.1, -0.05) is 58.8 Å². The fourth-order valence-corrected chi connectivity index (χ4v) is 6.06. The average Bonchev–Trinajstić information content (AvgIpc) is 2.47. The maximum absolute atomic E-state index is 2.53. The lowest BCUT2D eigenvalue weighted by Crippen LogP contribution is -2.42. The summed E-state index contributed by atoms with van der Waals surface area (Å²) in [5.41, 5.74) is 0.737. The summed E-state index contributed by atoms with van der Waals surface area (Å²) in [7, 11) is 0. The number of hydrogen-bond donors (Lipinski definition) is 0. The quantitative estimate of drug-likeness (QED) is 0.556. The minimum Gasteiger partial charge on any atom is -0.0622 e. The number of fused-ring (bicyclic) bond motifs is 1. The second kappa shape index (κ2) is 5.78. The predicted octanol–water partition coefficient (Wildman–Crippen LogP) is 6.20. The van der Waals surface area contributed by atoms with E-state index in [0.717, 1.165) is 29.1 Å². The monoisotopic (exact) mass is 262 g/mol. The molecule has 3 aliphatic carbocycles. The summed E-state index contributed by atoms with van der Waals surface area (Å²) in [6.45, 7) is 5.05. The molecule has 19 heavy (non-hydrogen) atoms. The molecular formula is C19H34. The topological polar surface area (TPSA) is 0 Å². The highest BCUT2D eigenvalue weighted by molar-refractivity contribution is 4.96. The van der Waals surface area contributed by atoms with E-state index in [9.17, 15) is 0 Å². The molecule has 0 N–H and O–H groups in total. The van der Waals surface area contributed by atoms with E-state index < -0.39 is 0 Å². The molecule has 0 aliphatic heterocycles. The van der Waals surface area contributed by atoms with Crippen molar-refractivity contribution in [3.8, 4) is 0 Å². The molecular weight excluding hydrogens is 228 g/mol. The second-order valence-corrected chi connectivity index (χ2v) is 8.26. The Labute approximate surface area is 120 Å². The van der Waals surface area contributed by atoms with E-state index in [-0.39, 0.29) is 0 Å². The molecule has 0 nitrogen and oxygen atoms in total. The van der Waals surface area contributed by atoms with Crippen LogP contribution in [0, 0.1) is 29.1 Å². The molecule has 0 bridgehead atoms. The van der Waals surface area contributed by atoms with Crippen molar-refractivity contribution in [1.29, 1.82) is 0 Å². The lowest BCUT2D eigenvalue weighted by Gasteiger charge is -2.52. The molecule has 3 fully saturated rings. The summed E-state index contributed by atoms with van der Waals surface area (Å²) >= 11 is 0. The van der Waals surface area contributed by atoms with Crippen LogP contribution in [0.1, 0.15) is 90.9 Å². The molecule has 0 amide bonds. The summed E-state index contributed by atoms with van der Waals surface area (Å²) in [5.74, 6) is 4.23. The third kappa shape index (κ3) is 2.61. The first-order chi connectivity index (χ1) is 9.22. The van der Waals surface area contributed by atoms with E-state index in [1.54, 1.807) is 44.9 Å². The zero-order chi connectivity index (χ0) is 13.3. The first-order valence-electron chi connectivity index (χ1n) is 9.22. The van der Waals surface area contributed by atoms with Crippen molar-refractivity contribution >= 4 is 0 Å². The Hall–Kier alpha value is 0. The van der Waals surface area contributed by atoms with Crippen LogP contribution in [0.3, 0.4) is 0 Å². The van der Waals surface area contributed by atoms with Gasteiger partial charge in [-0.25, -0.2) is 0 Å². The minimum atomic E-state index is 0.737. The van der Waals surface area contributed by atoms with Gasteiger partial charge in [0, 0.05) is 0 Å². The van der Waals surface area contributed by atoms with Gasteiger partial charge >= 0.3 is 0 Å². The molecule has 110 valence electrons. The Balaban J connectivity index is 1.72. The second-order valence-electron chi connectivity index (χ2n) is 8.26. The van der Waals surface area contributed by atoms with Crippen molar-refractivity contribution in [2.45, 2.75) is 90.9 Å². The Bertz CT molecular complexity index is 284. The summed E-state index contributed by atoms with van der Waals surface area (Å²) < 4.78 is 0. The van der Waals surface area contributed by atoms with Crippen LogP contribution in [0.4, 0.5) is 0 Å². The molecule has 3 unspecified atom stereocenters. The highest BCUT2D eigenvalue weighted by atomic mass is 14.5. The highest BCUT2D eigenvalue weighted by Gasteiger charge is 2.45. The normalized spacial score (nSPS) is 39.0. The van der Waals surface area contributed by atoms with E-state index in [2.05, 4.69) is 13.8 Å². The lowest BCUT2D eigenvalue weighted by molar-refractivity contribution is -0.0162. The number of rotatable bonds is 2. The zero-order valence-corrected chi connectivity index (χ0v) is 13.3. The fourth-order valence-electron chi connectivity index (χ4n) is 6.06. The van der Waals surface area contributed by atoms with Crippen molar-refractivity contribution in [2.75, 3.05) is 0 Å². The first-order valence-corrected chi connectivity index (χ1v) is 9.22. The van der Waals surface area contributed by atoms with Crippen LogP contribution in [-0.4, -0.2) is 0 Å². The third-order valence-corrected chi connectivity index (χ3v) is 7.29. The van der Waals surface area contributed by atoms with Gasteiger partial charge in [-0.3, -0.25) is 0 Å². The van der Waals surface area contributed by atoms with E-state index >= 15 is 0 Å². The fraction of sp³-hybridized carbons (Fsp3) is 1.00. The minimum absolute atomic E-state index is 0.737. The summed E-state index contributed by atoms with van der Waals surface area (Å²) in [6.07, 6.45) is 18.6. The van der Waals surface area contributed by atoms with Gasteiger partial charge in [-0.15, -0.1) is 0 Å². The van der Waals surface area contributed by atoms with Gasteiger partial charge < -0.3 is 0 Å². The highest BCUT2D eigenvalue weighted by Crippen LogP contribution is 2.56. The Kier molecular flexibility index (Phi) is 4.25. The SMILES string of the molecule is CC(C)C1(C2CCC3CCCCC3C2)CCCCC1. The van der Waals surface area contributed by atoms with Crippen molar-refractivity contribution in [2.24, 2.45) is 29.1 Å². The molecule has 3 atom stereocenters. The molecule has 0 heteroatoms. The van der Waals surface area contributed by atoms with E-state index in [1.807, 2.05) is 0 Å². The third-order valence-electron chi connectivity index (χ3n) is 7.29. The van der Waals surface area contributed by atoms with Gasteiger partial charge in [0.2, 0.25) is 0 Å². The maximum Gasteiger partial charge on any atom is -0.0246 e. The van der Waals surface area contributed by atoms with Crippen molar-refractivity contribution in [3.05, 3.63) is 0 Å². The van der Waals surface area contributed by atoms with Crippen LogP contribution in [0.5, 0.6) is 0 Å². The molecule has 0 aromatic carbocycles. The smallest absolute Gasteiger partial charge is 0.0246 e. The lowest BCUT2D eigenvalue weighted by atomic mass is 9.53. The average molecular weight is 262 g/mol. The molecule has 3 rings (SSSR count). The molecule has 3 aliphatic rings. The van der Waals surface area contributed by atoms with Gasteiger partial charge in [0.15, 0.2) is 0 Å². The summed E-state index contributed by atoms with van der Waals surface area (Å²) in [4.78, 5) is 0. The molecule has 0 aromatic heterocycles. The maximum atomic E-state index is 2.53. The Morgan fingerprint density at radius 3 is 2.11 bits per heavy atom. The van der Waals surface area contributed by atoms with Crippen molar-refractivity contribution in [1.82, 2.24) is 0 Å². The van der Waals surface area contributed by atoms with E-state index in [0.29, 0.717) is 0 Å². The van der Waals surface area contributed by atoms with Crippen LogP contribution in [-0.2, 0) is 0 Å². The summed E-state index contributed by atoms with van der Waals surface area (Å²) in [6, 6.07) is 0. The van der Waals surface area contributed by atoms with Crippen LogP contribution in [0.15, 0.2) is 0 Å². The van der Waals surface area contributed by atoms with Crippen LogP contribution in [0.2, 0.25) is 0 Å².